The van der Waals surface area contributed by atoms with Gasteiger partial charge in [0.15, 0.2) is 5.65 Å². The van der Waals surface area contributed by atoms with Gasteiger partial charge in [-0.2, -0.15) is 0 Å². The molecule has 0 radical (unpaired) electrons. The number of aryl methyl sites for hydroxylation is 2. The van der Waals surface area contributed by atoms with Crippen molar-refractivity contribution in [1.82, 2.24) is 44.6 Å². The zero-order valence-electron chi connectivity index (χ0n) is 18.0. The van der Waals surface area contributed by atoms with Gasteiger partial charge in [0.25, 0.3) is 12.3 Å². The van der Waals surface area contributed by atoms with Gasteiger partial charge in [-0.05, 0) is 19.9 Å². The molecule has 0 bridgehead atoms. The third-order valence-corrected chi connectivity index (χ3v) is 5.94. The molecule has 0 saturated heterocycles. The largest absolute Gasteiger partial charge is 0.348 e. The Kier molecular flexibility index (Phi) is 5.53. The highest BCUT2D eigenvalue weighted by Gasteiger charge is 2.22. The molecule has 5 aromatic rings. The van der Waals surface area contributed by atoms with E-state index in [1.54, 1.807) is 42.3 Å². The monoisotopic (exact) mass is 481 g/mol. The van der Waals surface area contributed by atoms with Crippen LogP contribution in [0.25, 0.3) is 22.0 Å². The zero-order chi connectivity index (χ0) is 23.8. The number of carbonyl (C=O) groups is 1. The molecule has 0 aliphatic rings. The predicted molar refractivity (Wildman–Crippen MR) is 119 cm³/mol. The van der Waals surface area contributed by atoms with Crippen molar-refractivity contribution in [3.8, 4) is 16.4 Å². The Bertz CT molecular complexity index is 1490. The fourth-order valence-electron chi connectivity index (χ4n) is 3.35. The Morgan fingerprint density at radius 1 is 1.09 bits per heavy atom. The highest BCUT2D eigenvalue weighted by molar-refractivity contribution is 7.14. The third kappa shape index (κ3) is 4.01. The van der Waals surface area contributed by atoms with E-state index >= 15 is 0 Å². The molecule has 0 spiro atoms. The van der Waals surface area contributed by atoms with Crippen LogP contribution in [-0.4, -0.2) is 45.2 Å². The minimum absolute atomic E-state index is 0.193. The number of halogens is 2. The summed E-state index contributed by atoms with van der Waals surface area (Å²) in [5.41, 5.74) is 1.68. The molecule has 34 heavy (non-hydrogen) atoms. The van der Waals surface area contributed by atoms with E-state index in [1.807, 2.05) is 6.92 Å². The van der Waals surface area contributed by atoms with Crippen LogP contribution in [0.4, 0.5) is 8.78 Å². The molecular weight excluding hydrogens is 464 g/mol. The first-order valence-electron chi connectivity index (χ1n) is 10.1. The van der Waals surface area contributed by atoms with Gasteiger partial charge in [0.1, 0.15) is 27.9 Å². The first-order chi connectivity index (χ1) is 16.4. The second-order valence-corrected chi connectivity index (χ2v) is 8.65. The van der Waals surface area contributed by atoms with Crippen molar-refractivity contribution < 1.29 is 13.6 Å². The van der Waals surface area contributed by atoms with Crippen LogP contribution in [-0.2, 0) is 6.54 Å². The van der Waals surface area contributed by atoms with Crippen molar-refractivity contribution >= 4 is 22.9 Å². The quantitative estimate of drug-likeness (QED) is 0.396. The summed E-state index contributed by atoms with van der Waals surface area (Å²) in [6, 6.07) is 1.46. The number of pyridine rings is 1. The average molecular weight is 481 g/mol. The van der Waals surface area contributed by atoms with E-state index in [4.69, 9.17) is 0 Å². The SMILES string of the molecule is Cc1ncc(CNC(=O)c2cc(-n3nncc3C(F)F)c3ncc(-c4ncc(C)s4)n3c2)cn1. The number of hydrogen-bond acceptors (Lipinski definition) is 8. The van der Waals surface area contributed by atoms with Crippen molar-refractivity contribution in [1.29, 1.82) is 0 Å². The van der Waals surface area contributed by atoms with Gasteiger partial charge in [-0.3, -0.25) is 9.20 Å². The molecular formula is C21H17F2N9OS. The lowest BCUT2D eigenvalue weighted by atomic mass is 10.2. The number of rotatable bonds is 6. The van der Waals surface area contributed by atoms with Gasteiger partial charge in [0.2, 0.25) is 0 Å². The summed E-state index contributed by atoms with van der Waals surface area (Å²) in [5, 5.41) is 10.9. The number of aromatic nitrogens is 8. The first kappa shape index (κ1) is 21.7. The second-order valence-electron chi connectivity index (χ2n) is 7.42. The predicted octanol–water partition coefficient (Wildman–Crippen LogP) is 3.31. The Labute approximate surface area is 195 Å². The molecule has 5 aromatic heterocycles. The molecule has 13 heteroatoms. The number of imidazole rings is 1. The van der Waals surface area contributed by atoms with Gasteiger partial charge in [0, 0.05) is 41.8 Å². The lowest BCUT2D eigenvalue weighted by Crippen LogP contribution is -2.24. The van der Waals surface area contributed by atoms with Gasteiger partial charge < -0.3 is 5.32 Å². The van der Waals surface area contributed by atoms with Crippen LogP contribution in [0.1, 0.15) is 38.7 Å². The van der Waals surface area contributed by atoms with E-state index in [1.165, 1.54) is 17.4 Å². The number of fused-ring (bicyclic) bond motifs is 1. The van der Waals surface area contributed by atoms with E-state index in [-0.39, 0.29) is 17.8 Å². The van der Waals surface area contributed by atoms with Gasteiger partial charge in [0.05, 0.1) is 18.0 Å². The van der Waals surface area contributed by atoms with Crippen LogP contribution in [0.2, 0.25) is 0 Å². The highest BCUT2D eigenvalue weighted by Crippen LogP contribution is 2.29. The zero-order valence-corrected chi connectivity index (χ0v) is 18.8. The van der Waals surface area contributed by atoms with Crippen LogP contribution in [0.5, 0.6) is 0 Å². The van der Waals surface area contributed by atoms with Crippen LogP contribution in [0, 0.1) is 13.8 Å². The van der Waals surface area contributed by atoms with Crippen molar-refractivity contribution in [2.45, 2.75) is 26.8 Å². The Balaban J connectivity index is 1.60. The molecule has 0 fully saturated rings. The van der Waals surface area contributed by atoms with Crippen LogP contribution < -0.4 is 5.32 Å². The smallest absolute Gasteiger partial charge is 0.282 e. The number of hydrogen-bond donors (Lipinski definition) is 1. The minimum Gasteiger partial charge on any atom is -0.348 e. The van der Waals surface area contributed by atoms with E-state index in [0.29, 0.717) is 22.2 Å². The summed E-state index contributed by atoms with van der Waals surface area (Å²) in [6.07, 6.45) is 6.33. The Morgan fingerprint density at radius 2 is 1.88 bits per heavy atom. The summed E-state index contributed by atoms with van der Waals surface area (Å²) in [7, 11) is 0. The maximum atomic E-state index is 13.6. The lowest BCUT2D eigenvalue weighted by Gasteiger charge is -2.11. The van der Waals surface area contributed by atoms with E-state index in [0.717, 1.165) is 21.3 Å². The van der Waals surface area contributed by atoms with Crippen molar-refractivity contribution in [2.75, 3.05) is 0 Å². The van der Waals surface area contributed by atoms with Gasteiger partial charge >= 0.3 is 0 Å². The minimum atomic E-state index is -2.81. The molecule has 0 aliphatic heterocycles. The maximum absolute atomic E-state index is 13.6. The number of thiazole rings is 1. The summed E-state index contributed by atoms with van der Waals surface area (Å²) in [4.78, 5) is 31.1. The fraction of sp³-hybridized carbons (Fsp3) is 0.190. The number of nitrogens with one attached hydrogen (secondary N) is 1. The highest BCUT2D eigenvalue weighted by atomic mass is 32.1. The van der Waals surface area contributed by atoms with Crippen LogP contribution in [0.15, 0.2) is 43.2 Å². The standard InChI is InChI=1S/C21H17F2N9OS/c1-11-4-28-21(34-11)17-8-26-19-15(32-16(18(22)23)9-29-30-32)3-14(10-31(17)19)20(33)27-7-13-5-24-12(2)25-6-13/h3-6,8-10,18H,7H2,1-2H3,(H,27,33). The lowest BCUT2D eigenvalue weighted by molar-refractivity contribution is 0.0950. The molecule has 5 rings (SSSR count). The fourth-order valence-corrected chi connectivity index (χ4v) is 4.13. The average Bonchev–Trinajstić information content (AvgIpc) is 3.57. The van der Waals surface area contributed by atoms with Crippen molar-refractivity contribution in [3.63, 3.8) is 0 Å². The molecule has 1 amide bonds. The van der Waals surface area contributed by atoms with E-state index < -0.39 is 18.0 Å². The van der Waals surface area contributed by atoms with Crippen molar-refractivity contribution in [2.24, 2.45) is 0 Å². The van der Waals surface area contributed by atoms with E-state index in [9.17, 15) is 13.6 Å². The van der Waals surface area contributed by atoms with Crippen LogP contribution >= 0.6 is 11.3 Å². The molecule has 0 saturated carbocycles. The van der Waals surface area contributed by atoms with E-state index in [2.05, 4.69) is 35.6 Å². The topological polar surface area (TPSA) is 116 Å². The van der Waals surface area contributed by atoms with Gasteiger partial charge in [-0.1, -0.05) is 5.21 Å². The summed E-state index contributed by atoms with van der Waals surface area (Å²) >= 11 is 1.45. The molecule has 172 valence electrons. The van der Waals surface area contributed by atoms with Crippen LogP contribution in [0.3, 0.4) is 0 Å². The summed E-state index contributed by atoms with van der Waals surface area (Å²) in [5.74, 6) is 0.204. The number of carbonyl (C=O) groups excluding carboxylic acids is 1. The molecule has 1 N–H and O–H groups in total. The molecule has 0 aliphatic carbocycles. The molecule has 0 aromatic carbocycles. The molecule has 0 atom stereocenters. The molecule has 5 heterocycles. The number of amides is 1. The second kappa shape index (κ2) is 8.67. The Hall–Kier alpha value is -4.13. The van der Waals surface area contributed by atoms with Gasteiger partial charge in [-0.25, -0.2) is 33.4 Å². The summed E-state index contributed by atoms with van der Waals surface area (Å²) in [6.45, 7) is 3.89. The first-order valence-corrected chi connectivity index (χ1v) is 10.9. The van der Waals surface area contributed by atoms with Gasteiger partial charge in [-0.15, -0.1) is 16.4 Å². The number of nitrogens with zero attached hydrogens (tertiary/aromatic N) is 8. The number of alkyl halides is 2. The maximum Gasteiger partial charge on any atom is 0.282 e. The molecule has 10 nitrogen and oxygen atoms in total. The summed E-state index contributed by atoms with van der Waals surface area (Å²) < 4.78 is 29.8. The normalized spacial score (nSPS) is 11.4. The molecule has 0 unspecified atom stereocenters. The third-order valence-electron chi connectivity index (χ3n) is 5.00. The van der Waals surface area contributed by atoms with Crippen molar-refractivity contribution in [3.05, 3.63) is 70.8 Å². The Morgan fingerprint density at radius 3 is 2.59 bits per heavy atom.